The smallest absolute Gasteiger partial charge is 0.124 e. The van der Waals surface area contributed by atoms with Gasteiger partial charge < -0.3 is 15.2 Å². The summed E-state index contributed by atoms with van der Waals surface area (Å²) >= 11 is 6.02. The molecule has 0 radical (unpaired) electrons. The van der Waals surface area contributed by atoms with E-state index in [1.54, 1.807) is 18.2 Å². The molecule has 0 aliphatic carbocycles. The van der Waals surface area contributed by atoms with E-state index in [1.807, 2.05) is 24.3 Å². The Morgan fingerprint density at radius 3 is 2.80 bits per heavy atom. The lowest BCUT2D eigenvalue weighted by Crippen LogP contribution is -2.13. The van der Waals surface area contributed by atoms with E-state index in [-0.39, 0.29) is 5.75 Å². The van der Waals surface area contributed by atoms with Crippen LogP contribution in [0.5, 0.6) is 11.5 Å². The zero-order valence-electron chi connectivity index (χ0n) is 11.4. The fourth-order valence-corrected chi connectivity index (χ4v) is 2.09. The average molecular weight is 292 g/mol. The maximum atomic E-state index is 9.43. The normalized spacial score (nSPS) is 10.5. The van der Waals surface area contributed by atoms with Crippen LogP contribution in [0.2, 0.25) is 5.02 Å². The molecule has 106 valence electrons. The van der Waals surface area contributed by atoms with Crippen molar-refractivity contribution in [1.82, 2.24) is 5.32 Å². The van der Waals surface area contributed by atoms with E-state index in [4.69, 9.17) is 16.3 Å². The number of benzene rings is 2. The lowest BCUT2D eigenvalue weighted by Gasteiger charge is -2.12. The Morgan fingerprint density at radius 1 is 1.20 bits per heavy atom. The molecule has 0 aliphatic rings. The molecule has 0 spiro atoms. The van der Waals surface area contributed by atoms with Crippen LogP contribution in [-0.4, -0.2) is 11.7 Å². The molecule has 2 aromatic carbocycles. The maximum Gasteiger partial charge on any atom is 0.124 e. The second-order valence-electron chi connectivity index (χ2n) is 4.49. The highest BCUT2D eigenvalue weighted by Gasteiger charge is 2.05. The van der Waals surface area contributed by atoms with E-state index in [1.165, 1.54) is 0 Å². The van der Waals surface area contributed by atoms with Crippen LogP contribution in [0, 0.1) is 0 Å². The van der Waals surface area contributed by atoms with Gasteiger partial charge in [-0.25, -0.2) is 0 Å². The number of halogens is 1. The van der Waals surface area contributed by atoms with Crippen LogP contribution >= 0.6 is 11.6 Å². The summed E-state index contributed by atoms with van der Waals surface area (Å²) in [4.78, 5) is 0. The Hall–Kier alpha value is -1.71. The summed E-state index contributed by atoms with van der Waals surface area (Å²) in [5.74, 6) is 1.05. The van der Waals surface area contributed by atoms with Crippen LogP contribution in [0.1, 0.15) is 18.1 Å². The number of ether oxygens (including phenoxy) is 1. The first-order valence-corrected chi connectivity index (χ1v) is 6.96. The highest BCUT2D eigenvalue weighted by molar-refractivity contribution is 6.30. The van der Waals surface area contributed by atoms with Gasteiger partial charge in [-0.3, -0.25) is 0 Å². The molecule has 0 fully saturated rings. The van der Waals surface area contributed by atoms with Crippen molar-refractivity contribution >= 4 is 11.6 Å². The molecule has 0 bridgehead atoms. The minimum Gasteiger partial charge on any atom is -0.508 e. The Morgan fingerprint density at radius 2 is 2.05 bits per heavy atom. The van der Waals surface area contributed by atoms with Gasteiger partial charge in [-0.1, -0.05) is 30.7 Å². The van der Waals surface area contributed by atoms with Crippen molar-refractivity contribution in [2.45, 2.75) is 20.1 Å². The fraction of sp³-hybridized carbons (Fsp3) is 0.250. The fourth-order valence-electron chi connectivity index (χ4n) is 1.89. The highest BCUT2D eigenvalue weighted by Crippen LogP contribution is 2.24. The van der Waals surface area contributed by atoms with Gasteiger partial charge in [0.15, 0.2) is 0 Å². The van der Waals surface area contributed by atoms with E-state index in [2.05, 4.69) is 12.2 Å². The standard InChI is InChI=1S/C16H18ClNO2/c1-2-18-10-13-9-14(17)6-7-16(13)20-11-12-4-3-5-15(19)8-12/h3-9,18-19H,2,10-11H2,1H3. The topological polar surface area (TPSA) is 41.5 Å². The van der Waals surface area contributed by atoms with Crippen LogP contribution in [0.3, 0.4) is 0 Å². The van der Waals surface area contributed by atoms with E-state index in [9.17, 15) is 5.11 Å². The molecule has 0 aromatic heterocycles. The third kappa shape index (κ3) is 4.15. The van der Waals surface area contributed by atoms with Crippen LogP contribution in [0.4, 0.5) is 0 Å². The summed E-state index contributed by atoms with van der Waals surface area (Å²) in [6.07, 6.45) is 0. The van der Waals surface area contributed by atoms with Crippen LogP contribution in [-0.2, 0) is 13.2 Å². The van der Waals surface area contributed by atoms with Gasteiger partial charge in [0.2, 0.25) is 0 Å². The molecule has 0 saturated heterocycles. The molecule has 0 atom stereocenters. The SMILES string of the molecule is CCNCc1cc(Cl)ccc1OCc1cccc(O)c1. The van der Waals surface area contributed by atoms with E-state index in [0.717, 1.165) is 23.4 Å². The Labute approximate surface area is 124 Å². The second kappa shape index (κ2) is 7.17. The third-order valence-electron chi connectivity index (χ3n) is 2.89. The van der Waals surface area contributed by atoms with Crippen LogP contribution in [0.15, 0.2) is 42.5 Å². The minimum absolute atomic E-state index is 0.245. The summed E-state index contributed by atoms with van der Waals surface area (Å²) in [5, 5.41) is 13.4. The molecular weight excluding hydrogens is 274 g/mol. The number of aromatic hydroxyl groups is 1. The summed E-state index contributed by atoms with van der Waals surface area (Å²) in [7, 11) is 0. The van der Waals surface area contributed by atoms with Gasteiger partial charge in [0.1, 0.15) is 18.1 Å². The molecule has 0 saturated carbocycles. The predicted molar refractivity (Wildman–Crippen MR) is 81.3 cm³/mol. The lowest BCUT2D eigenvalue weighted by molar-refractivity contribution is 0.301. The summed E-state index contributed by atoms with van der Waals surface area (Å²) in [5.41, 5.74) is 1.95. The van der Waals surface area contributed by atoms with Gasteiger partial charge in [0.25, 0.3) is 0 Å². The molecule has 0 heterocycles. The average Bonchev–Trinajstić information content (AvgIpc) is 2.44. The van der Waals surface area contributed by atoms with Crippen molar-refractivity contribution in [2.75, 3.05) is 6.54 Å². The number of phenolic OH excluding ortho intramolecular Hbond substituents is 1. The largest absolute Gasteiger partial charge is 0.508 e. The van der Waals surface area contributed by atoms with Crippen LogP contribution in [0.25, 0.3) is 0 Å². The first kappa shape index (κ1) is 14.7. The summed E-state index contributed by atoms with van der Waals surface area (Å²) < 4.78 is 5.82. The van der Waals surface area contributed by atoms with Gasteiger partial charge >= 0.3 is 0 Å². The quantitative estimate of drug-likeness (QED) is 0.852. The molecule has 0 unspecified atom stereocenters. The van der Waals surface area contributed by atoms with Gasteiger partial charge in [-0.05, 0) is 42.4 Å². The molecular formula is C16H18ClNO2. The predicted octanol–water partition coefficient (Wildman–Crippen LogP) is 3.73. The zero-order chi connectivity index (χ0) is 14.4. The number of phenols is 1. The molecule has 2 rings (SSSR count). The monoisotopic (exact) mass is 291 g/mol. The van der Waals surface area contributed by atoms with Gasteiger partial charge in [0, 0.05) is 17.1 Å². The van der Waals surface area contributed by atoms with Gasteiger partial charge in [-0.15, -0.1) is 0 Å². The number of hydrogen-bond donors (Lipinski definition) is 2. The first-order valence-electron chi connectivity index (χ1n) is 6.59. The van der Waals surface area contributed by atoms with Crippen LogP contribution < -0.4 is 10.1 Å². The summed E-state index contributed by atoms with van der Waals surface area (Å²) in [6.45, 7) is 4.07. The second-order valence-corrected chi connectivity index (χ2v) is 4.93. The van der Waals surface area contributed by atoms with Crippen molar-refractivity contribution in [2.24, 2.45) is 0 Å². The summed E-state index contributed by atoms with van der Waals surface area (Å²) in [6, 6.07) is 12.6. The van der Waals surface area contributed by atoms with Crippen molar-refractivity contribution < 1.29 is 9.84 Å². The van der Waals surface area contributed by atoms with Crippen molar-refractivity contribution in [3.63, 3.8) is 0 Å². The molecule has 2 N–H and O–H groups in total. The highest BCUT2D eigenvalue weighted by atomic mass is 35.5. The number of hydrogen-bond acceptors (Lipinski definition) is 3. The zero-order valence-corrected chi connectivity index (χ0v) is 12.2. The Balaban J connectivity index is 2.08. The number of rotatable bonds is 6. The Kier molecular flexibility index (Phi) is 5.27. The molecule has 4 heteroatoms. The van der Waals surface area contributed by atoms with Crippen molar-refractivity contribution in [3.8, 4) is 11.5 Å². The number of nitrogens with one attached hydrogen (secondary N) is 1. The molecule has 3 nitrogen and oxygen atoms in total. The van der Waals surface area contributed by atoms with E-state index in [0.29, 0.717) is 18.2 Å². The molecule has 2 aromatic rings. The maximum absolute atomic E-state index is 9.43. The van der Waals surface area contributed by atoms with Crippen molar-refractivity contribution in [3.05, 3.63) is 58.6 Å². The van der Waals surface area contributed by atoms with Gasteiger partial charge in [-0.2, -0.15) is 0 Å². The lowest BCUT2D eigenvalue weighted by atomic mass is 10.2. The van der Waals surface area contributed by atoms with Gasteiger partial charge in [0.05, 0.1) is 0 Å². The van der Waals surface area contributed by atoms with Crippen molar-refractivity contribution in [1.29, 1.82) is 0 Å². The first-order chi connectivity index (χ1) is 9.69. The molecule has 0 aliphatic heterocycles. The third-order valence-corrected chi connectivity index (χ3v) is 3.13. The van der Waals surface area contributed by atoms with E-state index >= 15 is 0 Å². The van der Waals surface area contributed by atoms with E-state index < -0.39 is 0 Å². The molecule has 0 amide bonds. The minimum atomic E-state index is 0.245. The Bertz CT molecular complexity index is 572. The molecule has 20 heavy (non-hydrogen) atoms.